The quantitative estimate of drug-likeness (QED) is 0.299. The van der Waals surface area contributed by atoms with E-state index in [-0.39, 0.29) is 49.9 Å². The topological polar surface area (TPSA) is 146 Å². The summed E-state index contributed by atoms with van der Waals surface area (Å²) in [6.07, 6.45) is 5.12. The highest BCUT2D eigenvalue weighted by molar-refractivity contribution is 6.08. The van der Waals surface area contributed by atoms with Crippen LogP contribution in [0.15, 0.2) is 54.6 Å². The van der Waals surface area contributed by atoms with Crippen LogP contribution in [0, 0.1) is 5.92 Å². The van der Waals surface area contributed by atoms with Crippen LogP contribution < -0.4 is 25.3 Å². The van der Waals surface area contributed by atoms with E-state index in [1.807, 2.05) is 24.3 Å². The molecule has 0 radical (unpaired) electrons. The molecule has 4 amide bonds. The lowest BCUT2D eigenvalue weighted by Crippen LogP contribution is -2.48. The van der Waals surface area contributed by atoms with Crippen molar-refractivity contribution in [1.29, 1.82) is 0 Å². The van der Waals surface area contributed by atoms with Gasteiger partial charge in [0.25, 0.3) is 5.91 Å². The van der Waals surface area contributed by atoms with Gasteiger partial charge in [0, 0.05) is 62.0 Å². The van der Waals surface area contributed by atoms with Crippen molar-refractivity contribution in [3.63, 3.8) is 0 Å². The lowest BCUT2D eigenvalue weighted by molar-refractivity contribution is -0.139. The number of anilines is 3. The summed E-state index contributed by atoms with van der Waals surface area (Å²) >= 11 is 0. The molecule has 3 saturated heterocycles. The number of rotatable bonds is 9. The fourth-order valence-electron chi connectivity index (χ4n) is 6.97. The summed E-state index contributed by atoms with van der Waals surface area (Å²) in [5.41, 5.74) is 1.26. The van der Waals surface area contributed by atoms with E-state index in [1.54, 1.807) is 56.9 Å². The number of aliphatic hydroxyl groups is 2. The van der Waals surface area contributed by atoms with Crippen molar-refractivity contribution in [3.05, 3.63) is 65.7 Å². The van der Waals surface area contributed by atoms with Gasteiger partial charge in [-0.3, -0.25) is 19.2 Å². The highest BCUT2D eigenvalue weighted by Crippen LogP contribution is 2.47. The molecule has 244 valence electrons. The molecule has 6 rings (SSSR count). The van der Waals surface area contributed by atoms with Gasteiger partial charge in [0.2, 0.25) is 17.7 Å². The number of amides is 4. The number of piperazine rings is 2. The van der Waals surface area contributed by atoms with Crippen molar-refractivity contribution in [2.24, 2.45) is 5.92 Å². The molecule has 4 aliphatic rings. The van der Waals surface area contributed by atoms with Crippen LogP contribution in [-0.2, 0) is 31.3 Å². The lowest BCUT2D eigenvalue weighted by Gasteiger charge is -2.30. The second-order valence-electron chi connectivity index (χ2n) is 12.5. The van der Waals surface area contributed by atoms with Crippen LogP contribution in [0.4, 0.5) is 17.1 Å². The van der Waals surface area contributed by atoms with Crippen molar-refractivity contribution in [2.75, 3.05) is 67.1 Å². The molecule has 12 heteroatoms. The molecule has 4 aliphatic heterocycles. The first-order chi connectivity index (χ1) is 22.2. The Bertz CT molecular complexity index is 1530. The minimum absolute atomic E-state index is 0.00358. The molecular weight excluding hydrogens is 588 g/mol. The molecule has 0 aliphatic carbocycles. The molecule has 2 aromatic rings. The molecule has 4 heterocycles. The zero-order valence-corrected chi connectivity index (χ0v) is 26.2. The molecule has 46 heavy (non-hydrogen) atoms. The molecule has 0 unspecified atom stereocenters. The van der Waals surface area contributed by atoms with Crippen molar-refractivity contribution in [3.8, 4) is 0 Å². The molecule has 3 atom stereocenters. The maximum atomic E-state index is 14.2. The zero-order chi connectivity index (χ0) is 32.4. The number of benzene rings is 2. The van der Waals surface area contributed by atoms with E-state index in [9.17, 15) is 29.4 Å². The number of carbonyl (C=O) groups is 4. The van der Waals surface area contributed by atoms with Gasteiger partial charge in [-0.15, -0.1) is 0 Å². The fraction of sp³-hybridized carbons (Fsp3) is 0.471. The largest absolute Gasteiger partial charge is 0.394 e. The number of carbonyl (C=O) groups excluding carboxylic acids is 4. The highest BCUT2D eigenvalue weighted by atomic mass is 16.3. The van der Waals surface area contributed by atoms with E-state index < -0.39 is 17.4 Å². The monoisotopic (exact) mass is 630 g/mol. The summed E-state index contributed by atoms with van der Waals surface area (Å²) in [4.78, 5) is 58.8. The Morgan fingerprint density at radius 1 is 0.978 bits per heavy atom. The third-order valence-electron chi connectivity index (χ3n) is 9.62. The Morgan fingerprint density at radius 2 is 1.63 bits per heavy atom. The summed E-state index contributed by atoms with van der Waals surface area (Å²) < 4.78 is 0. The summed E-state index contributed by atoms with van der Waals surface area (Å²) in [5.74, 6) is -1.37. The van der Waals surface area contributed by atoms with Gasteiger partial charge in [-0.2, -0.15) is 0 Å². The Morgan fingerprint density at radius 3 is 2.28 bits per heavy atom. The van der Waals surface area contributed by atoms with Crippen LogP contribution in [0.3, 0.4) is 0 Å². The number of nitrogens with one attached hydrogen (secondary N) is 2. The Kier molecular flexibility index (Phi) is 9.23. The first-order valence-corrected chi connectivity index (χ1v) is 16.1. The molecule has 0 spiro atoms. The van der Waals surface area contributed by atoms with E-state index in [2.05, 4.69) is 10.6 Å². The van der Waals surface area contributed by atoms with Gasteiger partial charge in [-0.1, -0.05) is 31.2 Å². The van der Waals surface area contributed by atoms with Crippen LogP contribution in [0.25, 0.3) is 0 Å². The van der Waals surface area contributed by atoms with Gasteiger partial charge in [-0.05, 0) is 48.7 Å². The standard InChI is InChI=1S/C34H42N6O6/c1-23(4-2-6-30(42)37-15-3-5-27(37)22-41)34(46)28-18-26(39-17-14-36-20-32(39)44)11-12-29(28)40(33(34)45)21-24-7-9-25(10-8-24)38-16-13-35-19-31(38)43/h2,4,7-12,18,23,27,35-36,41,46H,3,5-6,13-17,19-22H2,1H3/b4-2+/t23-,27-,34+/m0/s1. The average molecular weight is 631 g/mol. The van der Waals surface area contributed by atoms with Crippen molar-refractivity contribution in [2.45, 2.75) is 44.4 Å². The lowest BCUT2D eigenvalue weighted by atomic mass is 9.82. The van der Waals surface area contributed by atoms with Gasteiger partial charge < -0.3 is 40.4 Å². The molecule has 2 aromatic carbocycles. The Labute approximate surface area is 268 Å². The maximum absolute atomic E-state index is 14.2. The van der Waals surface area contributed by atoms with Crippen molar-refractivity contribution in [1.82, 2.24) is 15.5 Å². The van der Waals surface area contributed by atoms with Gasteiger partial charge >= 0.3 is 0 Å². The van der Waals surface area contributed by atoms with E-state index >= 15 is 0 Å². The summed E-state index contributed by atoms with van der Waals surface area (Å²) in [6, 6.07) is 12.7. The predicted octanol–water partition coefficient (Wildman–Crippen LogP) is 0.859. The highest BCUT2D eigenvalue weighted by Gasteiger charge is 2.53. The molecule has 0 bridgehead atoms. The minimum Gasteiger partial charge on any atom is -0.394 e. The van der Waals surface area contributed by atoms with Crippen molar-refractivity contribution < 1.29 is 29.4 Å². The van der Waals surface area contributed by atoms with Crippen LogP contribution in [0.5, 0.6) is 0 Å². The summed E-state index contributed by atoms with van der Waals surface area (Å²) in [7, 11) is 0. The number of fused-ring (bicyclic) bond motifs is 1. The number of likely N-dealkylation sites (tertiary alicyclic amines) is 1. The summed E-state index contributed by atoms with van der Waals surface area (Å²) in [5, 5.41) is 28.0. The van der Waals surface area contributed by atoms with E-state index in [4.69, 9.17) is 0 Å². The second-order valence-corrected chi connectivity index (χ2v) is 12.5. The first-order valence-electron chi connectivity index (χ1n) is 16.1. The van der Waals surface area contributed by atoms with E-state index in [0.29, 0.717) is 49.7 Å². The molecule has 0 saturated carbocycles. The smallest absolute Gasteiger partial charge is 0.264 e. The van der Waals surface area contributed by atoms with Crippen LogP contribution in [-0.4, -0.2) is 97.2 Å². The molecule has 12 nitrogen and oxygen atoms in total. The number of aliphatic hydroxyl groups excluding tert-OH is 1. The second kappa shape index (κ2) is 13.3. The minimum atomic E-state index is -1.93. The van der Waals surface area contributed by atoms with Gasteiger partial charge in [0.1, 0.15) is 0 Å². The van der Waals surface area contributed by atoms with Crippen LogP contribution >= 0.6 is 0 Å². The number of hydrogen-bond acceptors (Lipinski definition) is 8. The summed E-state index contributed by atoms with van der Waals surface area (Å²) in [6.45, 7) is 5.40. The number of hydrogen-bond donors (Lipinski definition) is 4. The predicted molar refractivity (Wildman–Crippen MR) is 173 cm³/mol. The Balaban J connectivity index is 1.27. The number of nitrogens with zero attached hydrogens (tertiary/aromatic N) is 4. The van der Waals surface area contributed by atoms with Gasteiger partial charge in [0.15, 0.2) is 5.60 Å². The van der Waals surface area contributed by atoms with E-state index in [1.165, 1.54) is 0 Å². The fourth-order valence-corrected chi connectivity index (χ4v) is 6.97. The SMILES string of the molecule is C[C@@H](/C=C/CC(=O)N1CCC[C@H]1CO)[C@]1(O)C(=O)N(Cc2ccc(N3CCNCC3=O)cc2)c2ccc(N3CCNCC3=O)cc21. The third kappa shape index (κ3) is 5.93. The van der Waals surface area contributed by atoms with E-state index in [0.717, 1.165) is 30.6 Å². The molecule has 4 N–H and O–H groups in total. The van der Waals surface area contributed by atoms with Gasteiger partial charge in [0.05, 0.1) is 38.0 Å². The third-order valence-corrected chi connectivity index (χ3v) is 9.62. The average Bonchev–Trinajstić information content (AvgIpc) is 3.63. The normalized spacial score (nSPS) is 24.3. The van der Waals surface area contributed by atoms with Crippen molar-refractivity contribution >= 4 is 40.7 Å². The first kappa shape index (κ1) is 31.9. The van der Waals surface area contributed by atoms with Gasteiger partial charge in [-0.25, -0.2) is 0 Å². The molecule has 0 aromatic heterocycles. The van der Waals surface area contributed by atoms with Crippen LogP contribution in [0.1, 0.15) is 37.3 Å². The maximum Gasteiger partial charge on any atom is 0.264 e. The molecule has 3 fully saturated rings. The molecular formula is C34H42N6O6. The van der Waals surface area contributed by atoms with Crippen LogP contribution in [0.2, 0.25) is 0 Å². The zero-order valence-electron chi connectivity index (χ0n) is 26.2. The Hall–Kier alpha value is -4.10.